The Morgan fingerprint density at radius 1 is 1.24 bits per heavy atom. The standard InChI is InChI=1S/C15H14N2O4/c1-10-5-3-8-13(14(10)21-2)15(18)16-11-6-4-7-12(9-11)17(19)20/h3-9H,1-2H3,(H,16,18). The second-order valence-electron chi connectivity index (χ2n) is 4.42. The fraction of sp³-hybridized carbons (Fsp3) is 0.133. The maximum atomic E-state index is 12.3. The number of benzene rings is 2. The Morgan fingerprint density at radius 3 is 2.62 bits per heavy atom. The van der Waals surface area contributed by atoms with Crippen LogP contribution in [0.3, 0.4) is 0 Å². The van der Waals surface area contributed by atoms with Crippen LogP contribution < -0.4 is 10.1 Å². The van der Waals surface area contributed by atoms with Crippen molar-refractivity contribution in [3.05, 3.63) is 63.7 Å². The van der Waals surface area contributed by atoms with Gasteiger partial charge in [0.05, 0.1) is 17.6 Å². The van der Waals surface area contributed by atoms with E-state index in [9.17, 15) is 14.9 Å². The minimum atomic E-state index is -0.511. The number of hydrogen-bond acceptors (Lipinski definition) is 4. The zero-order chi connectivity index (χ0) is 15.4. The van der Waals surface area contributed by atoms with Crippen molar-refractivity contribution in [2.24, 2.45) is 0 Å². The minimum Gasteiger partial charge on any atom is -0.496 e. The molecule has 6 nitrogen and oxygen atoms in total. The number of nitro benzene ring substituents is 1. The molecule has 6 heteroatoms. The van der Waals surface area contributed by atoms with Crippen LogP contribution in [0.1, 0.15) is 15.9 Å². The van der Waals surface area contributed by atoms with Gasteiger partial charge in [-0.15, -0.1) is 0 Å². The highest BCUT2D eigenvalue weighted by atomic mass is 16.6. The number of anilines is 1. The quantitative estimate of drug-likeness (QED) is 0.691. The maximum Gasteiger partial charge on any atom is 0.271 e. The number of nitrogens with one attached hydrogen (secondary N) is 1. The Bertz CT molecular complexity index is 698. The lowest BCUT2D eigenvalue weighted by Gasteiger charge is -2.11. The van der Waals surface area contributed by atoms with Gasteiger partial charge in [0.15, 0.2) is 0 Å². The topological polar surface area (TPSA) is 81.5 Å². The number of amides is 1. The zero-order valence-corrected chi connectivity index (χ0v) is 11.6. The Labute approximate surface area is 121 Å². The van der Waals surface area contributed by atoms with Gasteiger partial charge in [0.1, 0.15) is 5.75 Å². The van der Waals surface area contributed by atoms with E-state index >= 15 is 0 Å². The van der Waals surface area contributed by atoms with Gasteiger partial charge in [-0.1, -0.05) is 18.2 Å². The second-order valence-corrected chi connectivity index (χ2v) is 4.42. The van der Waals surface area contributed by atoms with E-state index in [1.54, 1.807) is 18.2 Å². The first kappa shape index (κ1) is 14.5. The third-order valence-electron chi connectivity index (χ3n) is 2.98. The molecule has 0 saturated heterocycles. The molecular formula is C15H14N2O4. The van der Waals surface area contributed by atoms with Gasteiger partial charge >= 0.3 is 0 Å². The van der Waals surface area contributed by atoms with Gasteiger partial charge in [0.2, 0.25) is 0 Å². The van der Waals surface area contributed by atoms with E-state index in [2.05, 4.69) is 5.32 Å². The summed E-state index contributed by atoms with van der Waals surface area (Å²) in [6.45, 7) is 1.84. The van der Waals surface area contributed by atoms with Crippen LogP contribution >= 0.6 is 0 Å². The number of methoxy groups -OCH3 is 1. The summed E-state index contributed by atoms with van der Waals surface area (Å²) in [6.07, 6.45) is 0. The summed E-state index contributed by atoms with van der Waals surface area (Å²) in [5.41, 5.74) is 1.50. The molecule has 0 saturated carbocycles. The Balaban J connectivity index is 2.28. The molecule has 0 fully saturated rings. The van der Waals surface area contributed by atoms with Crippen LogP contribution in [0.5, 0.6) is 5.75 Å². The minimum absolute atomic E-state index is 0.0796. The van der Waals surface area contributed by atoms with Crippen LogP contribution in [-0.2, 0) is 0 Å². The Morgan fingerprint density at radius 2 is 1.95 bits per heavy atom. The van der Waals surface area contributed by atoms with E-state index in [4.69, 9.17) is 4.74 Å². The molecular weight excluding hydrogens is 272 g/mol. The smallest absolute Gasteiger partial charge is 0.271 e. The second kappa shape index (κ2) is 6.04. The van der Waals surface area contributed by atoms with E-state index in [0.717, 1.165) is 5.56 Å². The van der Waals surface area contributed by atoms with Gasteiger partial charge in [-0.05, 0) is 24.6 Å². The lowest BCUT2D eigenvalue weighted by Crippen LogP contribution is -2.13. The van der Waals surface area contributed by atoms with E-state index < -0.39 is 4.92 Å². The number of hydrogen-bond donors (Lipinski definition) is 1. The Kier molecular flexibility index (Phi) is 4.18. The summed E-state index contributed by atoms with van der Waals surface area (Å²) in [5, 5.41) is 13.4. The van der Waals surface area contributed by atoms with Crippen LogP contribution in [0, 0.1) is 17.0 Å². The summed E-state index contributed by atoms with van der Waals surface area (Å²) < 4.78 is 5.23. The molecule has 2 aromatic rings. The molecule has 0 unspecified atom stereocenters. The largest absolute Gasteiger partial charge is 0.496 e. The van der Waals surface area contributed by atoms with Gasteiger partial charge in [-0.3, -0.25) is 14.9 Å². The highest BCUT2D eigenvalue weighted by Crippen LogP contribution is 2.24. The van der Waals surface area contributed by atoms with E-state index in [0.29, 0.717) is 17.0 Å². The van der Waals surface area contributed by atoms with Crippen LogP contribution in [0.15, 0.2) is 42.5 Å². The molecule has 0 aromatic heterocycles. The van der Waals surface area contributed by atoms with Crippen molar-refractivity contribution < 1.29 is 14.5 Å². The van der Waals surface area contributed by atoms with Crippen molar-refractivity contribution in [1.82, 2.24) is 0 Å². The number of para-hydroxylation sites is 1. The van der Waals surface area contributed by atoms with Crippen LogP contribution in [0.4, 0.5) is 11.4 Å². The summed E-state index contributed by atoms with van der Waals surface area (Å²) in [5.74, 6) is 0.108. The molecule has 0 bridgehead atoms. The first-order valence-electron chi connectivity index (χ1n) is 6.22. The third kappa shape index (κ3) is 3.17. The highest BCUT2D eigenvalue weighted by Gasteiger charge is 2.15. The van der Waals surface area contributed by atoms with Crippen molar-refractivity contribution in [2.75, 3.05) is 12.4 Å². The van der Waals surface area contributed by atoms with Crippen molar-refractivity contribution in [2.45, 2.75) is 6.92 Å². The summed E-state index contributed by atoms with van der Waals surface area (Å²) in [7, 11) is 1.49. The summed E-state index contributed by atoms with van der Waals surface area (Å²) in [4.78, 5) is 22.5. The molecule has 1 amide bonds. The van der Waals surface area contributed by atoms with Gasteiger partial charge in [-0.2, -0.15) is 0 Å². The average Bonchev–Trinajstić information content (AvgIpc) is 2.47. The lowest BCUT2D eigenvalue weighted by molar-refractivity contribution is -0.384. The first-order valence-corrected chi connectivity index (χ1v) is 6.22. The normalized spacial score (nSPS) is 10.0. The number of ether oxygens (including phenoxy) is 1. The molecule has 0 atom stereocenters. The van der Waals surface area contributed by atoms with Crippen LogP contribution in [-0.4, -0.2) is 17.9 Å². The Hall–Kier alpha value is -2.89. The van der Waals surface area contributed by atoms with Gasteiger partial charge < -0.3 is 10.1 Å². The average molecular weight is 286 g/mol. The van der Waals surface area contributed by atoms with Gasteiger partial charge in [-0.25, -0.2) is 0 Å². The molecule has 0 aliphatic heterocycles. The number of carbonyl (C=O) groups is 1. The molecule has 0 aliphatic rings. The number of rotatable bonds is 4. The molecule has 108 valence electrons. The molecule has 0 heterocycles. The number of carbonyl (C=O) groups excluding carboxylic acids is 1. The number of nitrogens with zero attached hydrogens (tertiary/aromatic N) is 1. The molecule has 21 heavy (non-hydrogen) atoms. The molecule has 0 spiro atoms. The molecule has 1 N–H and O–H groups in total. The molecule has 0 aliphatic carbocycles. The fourth-order valence-electron chi connectivity index (χ4n) is 2.00. The predicted octanol–water partition coefficient (Wildman–Crippen LogP) is 3.16. The van der Waals surface area contributed by atoms with Gasteiger partial charge in [0, 0.05) is 17.8 Å². The highest BCUT2D eigenvalue weighted by molar-refractivity contribution is 6.06. The zero-order valence-electron chi connectivity index (χ0n) is 11.6. The summed E-state index contributed by atoms with van der Waals surface area (Å²) >= 11 is 0. The van der Waals surface area contributed by atoms with Crippen molar-refractivity contribution in [1.29, 1.82) is 0 Å². The maximum absolute atomic E-state index is 12.3. The van der Waals surface area contributed by atoms with Crippen LogP contribution in [0.25, 0.3) is 0 Å². The van der Waals surface area contributed by atoms with Crippen molar-refractivity contribution in [3.63, 3.8) is 0 Å². The summed E-state index contributed by atoms with van der Waals surface area (Å²) in [6, 6.07) is 11.0. The molecule has 2 rings (SSSR count). The molecule has 2 aromatic carbocycles. The number of nitro groups is 1. The lowest BCUT2D eigenvalue weighted by atomic mass is 10.1. The fourth-order valence-corrected chi connectivity index (χ4v) is 2.00. The number of non-ortho nitro benzene ring substituents is 1. The van der Waals surface area contributed by atoms with Gasteiger partial charge in [0.25, 0.3) is 11.6 Å². The first-order chi connectivity index (χ1) is 10.0. The van der Waals surface area contributed by atoms with Crippen molar-refractivity contribution in [3.8, 4) is 5.75 Å². The monoisotopic (exact) mass is 286 g/mol. The molecule has 0 radical (unpaired) electrons. The SMILES string of the molecule is COc1c(C)cccc1C(=O)Nc1cccc([N+](=O)[O-])c1. The van der Waals surface area contributed by atoms with Crippen LogP contribution in [0.2, 0.25) is 0 Å². The predicted molar refractivity (Wildman–Crippen MR) is 78.8 cm³/mol. The van der Waals surface area contributed by atoms with E-state index in [1.165, 1.54) is 25.3 Å². The third-order valence-corrected chi connectivity index (χ3v) is 2.98. The van der Waals surface area contributed by atoms with E-state index in [1.807, 2.05) is 13.0 Å². The van der Waals surface area contributed by atoms with E-state index in [-0.39, 0.29) is 11.6 Å². The van der Waals surface area contributed by atoms with Crippen molar-refractivity contribution >= 4 is 17.3 Å². The number of aryl methyl sites for hydroxylation is 1.